The van der Waals surface area contributed by atoms with Gasteiger partial charge >= 0.3 is 0 Å². The minimum atomic E-state index is -0.0859. The Balaban J connectivity index is 2.47. The highest BCUT2D eigenvalue weighted by Gasteiger charge is 2.11. The van der Waals surface area contributed by atoms with E-state index in [1.165, 1.54) is 0 Å². The van der Waals surface area contributed by atoms with Crippen LogP contribution >= 0.6 is 15.9 Å². The molecule has 84 valence electrons. The molecule has 2 aromatic rings. The second-order valence-corrected chi connectivity index (χ2v) is 4.26. The number of aliphatic hydroxyl groups excluding tert-OH is 1. The fraction of sp³-hybridized carbons (Fsp3) is 0.273. The predicted octanol–water partition coefficient (Wildman–Crippen LogP) is 2.22. The monoisotopic (exact) mass is 281 g/mol. The van der Waals surface area contributed by atoms with E-state index >= 15 is 0 Å². The third-order valence-electron chi connectivity index (χ3n) is 2.39. The number of benzene rings is 1. The Kier molecular flexibility index (Phi) is 3.36. The molecule has 2 rings (SSSR count). The van der Waals surface area contributed by atoms with Crippen LogP contribution < -0.4 is 0 Å². The van der Waals surface area contributed by atoms with Crippen molar-refractivity contribution in [3.8, 4) is 11.4 Å². The molecule has 0 aliphatic carbocycles. The molecule has 0 spiro atoms. The zero-order valence-electron chi connectivity index (χ0n) is 8.89. The first-order chi connectivity index (χ1) is 7.76. The normalized spacial score (nSPS) is 10.7. The van der Waals surface area contributed by atoms with Crippen LogP contribution in [0.1, 0.15) is 12.7 Å². The molecular weight excluding hydrogens is 270 g/mol. The van der Waals surface area contributed by atoms with Crippen molar-refractivity contribution in [1.82, 2.24) is 14.8 Å². The van der Waals surface area contributed by atoms with E-state index in [4.69, 9.17) is 5.11 Å². The molecule has 0 saturated heterocycles. The molecule has 1 aromatic carbocycles. The molecule has 0 radical (unpaired) electrons. The van der Waals surface area contributed by atoms with Gasteiger partial charge in [0.1, 0.15) is 6.61 Å². The van der Waals surface area contributed by atoms with Crippen molar-refractivity contribution in [2.45, 2.75) is 20.1 Å². The summed E-state index contributed by atoms with van der Waals surface area (Å²) in [6.07, 6.45) is 0. The van der Waals surface area contributed by atoms with Crippen LogP contribution in [0.25, 0.3) is 11.4 Å². The van der Waals surface area contributed by atoms with Gasteiger partial charge in [-0.15, -0.1) is 10.2 Å². The summed E-state index contributed by atoms with van der Waals surface area (Å²) in [6.45, 7) is 2.66. The standard InChI is InChI=1S/C11H12BrN3O/c1-2-15-10(7-16)13-14-11(15)8-3-5-9(12)6-4-8/h3-6,16H,2,7H2,1H3. The van der Waals surface area contributed by atoms with Gasteiger partial charge in [-0.2, -0.15) is 0 Å². The summed E-state index contributed by atoms with van der Waals surface area (Å²) in [5.41, 5.74) is 0.997. The largest absolute Gasteiger partial charge is 0.388 e. The maximum absolute atomic E-state index is 9.12. The van der Waals surface area contributed by atoms with Crippen molar-refractivity contribution in [2.75, 3.05) is 0 Å². The Bertz CT molecular complexity index is 478. The minimum Gasteiger partial charge on any atom is -0.388 e. The third kappa shape index (κ3) is 2.01. The van der Waals surface area contributed by atoms with Crippen LogP contribution in [0.15, 0.2) is 28.7 Å². The van der Waals surface area contributed by atoms with E-state index in [-0.39, 0.29) is 6.61 Å². The summed E-state index contributed by atoms with van der Waals surface area (Å²) >= 11 is 3.39. The quantitative estimate of drug-likeness (QED) is 0.939. The zero-order valence-corrected chi connectivity index (χ0v) is 10.5. The number of rotatable bonds is 3. The van der Waals surface area contributed by atoms with E-state index in [2.05, 4.69) is 26.1 Å². The van der Waals surface area contributed by atoms with Crippen molar-refractivity contribution < 1.29 is 5.11 Å². The molecule has 1 heterocycles. The molecular formula is C11H12BrN3O. The third-order valence-corrected chi connectivity index (χ3v) is 2.92. The number of halogens is 1. The predicted molar refractivity (Wildman–Crippen MR) is 64.8 cm³/mol. The summed E-state index contributed by atoms with van der Waals surface area (Å²) in [7, 11) is 0. The van der Waals surface area contributed by atoms with Gasteiger partial charge in [0.15, 0.2) is 11.6 Å². The SMILES string of the molecule is CCn1c(CO)nnc1-c1ccc(Br)cc1. The maximum Gasteiger partial charge on any atom is 0.164 e. The lowest BCUT2D eigenvalue weighted by atomic mass is 10.2. The minimum absolute atomic E-state index is 0.0859. The van der Waals surface area contributed by atoms with Gasteiger partial charge in [0, 0.05) is 16.6 Å². The smallest absolute Gasteiger partial charge is 0.164 e. The number of aliphatic hydroxyl groups is 1. The first kappa shape index (κ1) is 11.3. The summed E-state index contributed by atoms with van der Waals surface area (Å²) in [5, 5.41) is 17.2. The van der Waals surface area contributed by atoms with Gasteiger partial charge in [-0.3, -0.25) is 0 Å². The van der Waals surface area contributed by atoms with Crippen molar-refractivity contribution >= 4 is 15.9 Å². The number of hydrogen-bond acceptors (Lipinski definition) is 3. The summed E-state index contributed by atoms with van der Waals surface area (Å²) in [6, 6.07) is 7.87. The molecule has 0 aliphatic rings. The zero-order chi connectivity index (χ0) is 11.5. The molecule has 0 fully saturated rings. The van der Waals surface area contributed by atoms with Crippen LogP contribution in [0.5, 0.6) is 0 Å². The highest BCUT2D eigenvalue weighted by Crippen LogP contribution is 2.20. The molecule has 1 aromatic heterocycles. The summed E-state index contributed by atoms with van der Waals surface area (Å²) < 4.78 is 2.93. The average molecular weight is 282 g/mol. The number of hydrogen-bond donors (Lipinski definition) is 1. The maximum atomic E-state index is 9.12. The van der Waals surface area contributed by atoms with Gasteiger partial charge in [-0.05, 0) is 19.1 Å². The van der Waals surface area contributed by atoms with Crippen LogP contribution in [-0.4, -0.2) is 19.9 Å². The van der Waals surface area contributed by atoms with Crippen LogP contribution in [-0.2, 0) is 13.2 Å². The first-order valence-corrected chi connectivity index (χ1v) is 5.84. The topological polar surface area (TPSA) is 50.9 Å². The van der Waals surface area contributed by atoms with Gasteiger partial charge in [-0.25, -0.2) is 0 Å². The average Bonchev–Trinajstić information content (AvgIpc) is 2.72. The van der Waals surface area contributed by atoms with Gasteiger partial charge < -0.3 is 9.67 Å². The lowest BCUT2D eigenvalue weighted by molar-refractivity contribution is 0.265. The van der Waals surface area contributed by atoms with Crippen molar-refractivity contribution in [2.24, 2.45) is 0 Å². The summed E-state index contributed by atoms with van der Waals surface area (Å²) in [5.74, 6) is 1.39. The number of nitrogens with zero attached hydrogens (tertiary/aromatic N) is 3. The molecule has 4 nitrogen and oxygen atoms in total. The first-order valence-electron chi connectivity index (χ1n) is 5.05. The van der Waals surface area contributed by atoms with Gasteiger partial charge in [-0.1, -0.05) is 28.1 Å². The Labute approximate surface area is 102 Å². The van der Waals surface area contributed by atoms with Gasteiger partial charge in [0.25, 0.3) is 0 Å². The Morgan fingerprint density at radius 3 is 2.50 bits per heavy atom. The molecule has 0 saturated carbocycles. The second-order valence-electron chi connectivity index (χ2n) is 3.35. The van der Waals surface area contributed by atoms with Crippen LogP contribution in [0.4, 0.5) is 0 Å². The van der Waals surface area contributed by atoms with Crippen LogP contribution in [0.2, 0.25) is 0 Å². The Morgan fingerprint density at radius 2 is 1.94 bits per heavy atom. The van der Waals surface area contributed by atoms with E-state index in [0.717, 1.165) is 22.4 Å². The highest BCUT2D eigenvalue weighted by molar-refractivity contribution is 9.10. The van der Waals surface area contributed by atoms with E-state index in [1.54, 1.807) is 0 Å². The fourth-order valence-corrected chi connectivity index (χ4v) is 1.86. The van der Waals surface area contributed by atoms with E-state index < -0.39 is 0 Å². The lowest BCUT2D eigenvalue weighted by Gasteiger charge is -2.05. The van der Waals surface area contributed by atoms with Gasteiger partial charge in [0.2, 0.25) is 0 Å². The molecule has 0 aliphatic heterocycles. The molecule has 0 atom stereocenters. The molecule has 0 unspecified atom stereocenters. The second kappa shape index (κ2) is 4.76. The van der Waals surface area contributed by atoms with Crippen LogP contribution in [0.3, 0.4) is 0 Å². The van der Waals surface area contributed by atoms with Crippen molar-refractivity contribution in [3.05, 3.63) is 34.6 Å². The number of aromatic nitrogens is 3. The van der Waals surface area contributed by atoms with E-state index in [0.29, 0.717) is 5.82 Å². The molecule has 5 heteroatoms. The molecule has 0 bridgehead atoms. The Hall–Kier alpha value is -1.20. The lowest BCUT2D eigenvalue weighted by Crippen LogP contribution is -2.03. The van der Waals surface area contributed by atoms with E-state index in [9.17, 15) is 0 Å². The van der Waals surface area contributed by atoms with E-state index in [1.807, 2.05) is 35.8 Å². The van der Waals surface area contributed by atoms with Crippen molar-refractivity contribution in [1.29, 1.82) is 0 Å². The van der Waals surface area contributed by atoms with Crippen LogP contribution in [0, 0.1) is 0 Å². The molecule has 16 heavy (non-hydrogen) atoms. The summed E-state index contributed by atoms with van der Waals surface area (Å²) in [4.78, 5) is 0. The fourth-order valence-electron chi connectivity index (χ4n) is 1.60. The van der Waals surface area contributed by atoms with Crippen molar-refractivity contribution in [3.63, 3.8) is 0 Å². The highest BCUT2D eigenvalue weighted by atomic mass is 79.9. The Morgan fingerprint density at radius 1 is 1.25 bits per heavy atom. The molecule has 0 amide bonds. The van der Waals surface area contributed by atoms with Gasteiger partial charge in [0.05, 0.1) is 0 Å². The molecule has 1 N–H and O–H groups in total.